The Morgan fingerprint density at radius 1 is 1.11 bits per heavy atom. The first kappa shape index (κ1) is 13.3. The number of piperidine rings is 1. The number of nitrogens with zero attached hydrogens (tertiary/aromatic N) is 2. The van der Waals surface area contributed by atoms with E-state index in [4.69, 9.17) is 4.74 Å². The topological polar surface area (TPSA) is 49.9 Å². The number of rotatable bonds is 3. The van der Waals surface area contributed by atoms with E-state index in [2.05, 4.69) is 0 Å². The number of hydrogen-bond acceptors (Lipinski definition) is 4. The molecule has 2 rings (SSSR count). The van der Waals surface area contributed by atoms with Crippen molar-refractivity contribution in [2.75, 3.05) is 33.3 Å². The second-order valence-corrected chi connectivity index (χ2v) is 5.09. The lowest BCUT2D eigenvalue weighted by molar-refractivity contribution is -0.146. The molecule has 0 saturated carbocycles. The molecule has 102 valence electrons. The highest BCUT2D eigenvalue weighted by Gasteiger charge is 2.33. The van der Waals surface area contributed by atoms with Crippen LogP contribution >= 0.6 is 0 Å². The minimum Gasteiger partial charge on any atom is -0.468 e. The SMILES string of the molecule is COC(=O)C1CCCN1CC(=O)N1CCCCC1. The first-order valence-corrected chi connectivity index (χ1v) is 6.82. The summed E-state index contributed by atoms with van der Waals surface area (Å²) in [6.07, 6.45) is 5.20. The van der Waals surface area contributed by atoms with Crippen molar-refractivity contribution in [1.82, 2.24) is 9.80 Å². The Morgan fingerprint density at radius 2 is 1.83 bits per heavy atom. The smallest absolute Gasteiger partial charge is 0.323 e. The summed E-state index contributed by atoms with van der Waals surface area (Å²) in [4.78, 5) is 27.6. The van der Waals surface area contributed by atoms with E-state index in [0.29, 0.717) is 6.54 Å². The molecule has 0 aromatic heterocycles. The molecule has 2 fully saturated rings. The fraction of sp³-hybridized carbons (Fsp3) is 0.846. The first-order valence-electron chi connectivity index (χ1n) is 6.82. The molecule has 2 aliphatic rings. The van der Waals surface area contributed by atoms with E-state index in [1.54, 1.807) is 0 Å². The standard InChI is InChI=1S/C13H22N2O3/c1-18-13(17)11-6-5-9-15(11)10-12(16)14-7-3-2-4-8-14/h11H,2-10H2,1H3. The van der Waals surface area contributed by atoms with E-state index in [-0.39, 0.29) is 17.9 Å². The van der Waals surface area contributed by atoms with Crippen molar-refractivity contribution in [3.05, 3.63) is 0 Å². The van der Waals surface area contributed by atoms with Gasteiger partial charge in [-0.2, -0.15) is 0 Å². The van der Waals surface area contributed by atoms with E-state index >= 15 is 0 Å². The molecule has 18 heavy (non-hydrogen) atoms. The summed E-state index contributed by atoms with van der Waals surface area (Å²) < 4.78 is 4.79. The van der Waals surface area contributed by atoms with Gasteiger partial charge >= 0.3 is 5.97 Å². The van der Waals surface area contributed by atoms with E-state index in [1.807, 2.05) is 9.80 Å². The molecule has 2 heterocycles. The van der Waals surface area contributed by atoms with Gasteiger partial charge in [0, 0.05) is 13.1 Å². The van der Waals surface area contributed by atoms with Gasteiger partial charge in [0.15, 0.2) is 0 Å². The summed E-state index contributed by atoms with van der Waals surface area (Å²) in [6.45, 7) is 2.92. The summed E-state index contributed by atoms with van der Waals surface area (Å²) in [5, 5.41) is 0. The van der Waals surface area contributed by atoms with Crippen LogP contribution in [0.4, 0.5) is 0 Å². The van der Waals surface area contributed by atoms with Crippen LogP contribution in [0.15, 0.2) is 0 Å². The van der Waals surface area contributed by atoms with Crippen LogP contribution in [-0.4, -0.2) is 61.0 Å². The van der Waals surface area contributed by atoms with Crippen LogP contribution in [0.2, 0.25) is 0 Å². The van der Waals surface area contributed by atoms with Gasteiger partial charge in [0.1, 0.15) is 6.04 Å². The highest BCUT2D eigenvalue weighted by atomic mass is 16.5. The zero-order valence-corrected chi connectivity index (χ0v) is 11.1. The molecule has 1 unspecified atom stereocenters. The van der Waals surface area contributed by atoms with Gasteiger partial charge in [-0.15, -0.1) is 0 Å². The molecule has 0 aromatic carbocycles. The van der Waals surface area contributed by atoms with Gasteiger partial charge in [0.2, 0.25) is 5.91 Å². The Morgan fingerprint density at radius 3 is 2.50 bits per heavy atom. The van der Waals surface area contributed by atoms with Crippen molar-refractivity contribution in [2.24, 2.45) is 0 Å². The number of amides is 1. The van der Waals surface area contributed by atoms with E-state index in [0.717, 1.165) is 45.3 Å². The summed E-state index contributed by atoms with van der Waals surface area (Å²) in [5.74, 6) is -0.0514. The number of esters is 1. The average molecular weight is 254 g/mol. The molecule has 5 heteroatoms. The number of carbonyl (C=O) groups excluding carboxylic acids is 2. The normalized spacial score (nSPS) is 25.2. The summed E-state index contributed by atoms with van der Waals surface area (Å²) >= 11 is 0. The zero-order chi connectivity index (χ0) is 13.0. The van der Waals surface area contributed by atoms with Crippen LogP contribution in [0, 0.1) is 0 Å². The predicted octanol–water partition coefficient (Wildman–Crippen LogP) is 0.636. The minimum absolute atomic E-state index is 0.158. The van der Waals surface area contributed by atoms with Gasteiger partial charge in [0.25, 0.3) is 0 Å². The highest BCUT2D eigenvalue weighted by Crippen LogP contribution is 2.19. The molecule has 0 spiro atoms. The van der Waals surface area contributed by atoms with E-state index in [1.165, 1.54) is 13.5 Å². The lowest BCUT2D eigenvalue weighted by atomic mass is 10.1. The van der Waals surface area contributed by atoms with Crippen LogP contribution in [0.3, 0.4) is 0 Å². The second kappa shape index (κ2) is 6.18. The fourth-order valence-electron chi connectivity index (χ4n) is 2.84. The molecule has 1 atom stereocenters. The number of hydrogen-bond donors (Lipinski definition) is 0. The zero-order valence-electron chi connectivity index (χ0n) is 11.1. The van der Waals surface area contributed by atoms with Crippen LogP contribution in [0.5, 0.6) is 0 Å². The molecule has 0 radical (unpaired) electrons. The number of likely N-dealkylation sites (tertiary alicyclic amines) is 2. The second-order valence-electron chi connectivity index (χ2n) is 5.09. The fourth-order valence-corrected chi connectivity index (χ4v) is 2.84. The lowest BCUT2D eigenvalue weighted by Gasteiger charge is -2.30. The summed E-state index contributed by atoms with van der Waals surface area (Å²) in [5.41, 5.74) is 0. The van der Waals surface area contributed by atoms with Crippen molar-refractivity contribution in [3.8, 4) is 0 Å². The van der Waals surface area contributed by atoms with E-state index < -0.39 is 0 Å². The molecule has 2 saturated heterocycles. The van der Waals surface area contributed by atoms with Gasteiger partial charge in [-0.1, -0.05) is 0 Å². The minimum atomic E-state index is -0.219. The van der Waals surface area contributed by atoms with Crippen molar-refractivity contribution >= 4 is 11.9 Å². The Bertz CT molecular complexity index is 313. The van der Waals surface area contributed by atoms with Crippen molar-refractivity contribution in [1.29, 1.82) is 0 Å². The first-order chi connectivity index (χ1) is 8.72. The third-order valence-corrected chi connectivity index (χ3v) is 3.88. The largest absolute Gasteiger partial charge is 0.468 e. The quantitative estimate of drug-likeness (QED) is 0.693. The molecular formula is C13H22N2O3. The molecule has 0 bridgehead atoms. The third-order valence-electron chi connectivity index (χ3n) is 3.88. The van der Waals surface area contributed by atoms with Gasteiger partial charge in [-0.25, -0.2) is 0 Å². The molecule has 0 aromatic rings. The Labute approximate surface area is 108 Å². The lowest BCUT2D eigenvalue weighted by Crippen LogP contribution is -2.46. The highest BCUT2D eigenvalue weighted by molar-refractivity contribution is 5.81. The Balaban J connectivity index is 1.87. The van der Waals surface area contributed by atoms with Crippen LogP contribution in [0.1, 0.15) is 32.1 Å². The van der Waals surface area contributed by atoms with Crippen LogP contribution in [0.25, 0.3) is 0 Å². The number of methoxy groups -OCH3 is 1. The van der Waals surface area contributed by atoms with Gasteiger partial charge < -0.3 is 9.64 Å². The summed E-state index contributed by atoms with van der Waals surface area (Å²) in [7, 11) is 1.41. The summed E-state index contributed by atoms with van der Waals surface area (Å²) in [6, 6.07) is -0.219. The van der Waals surface area contributed by atoms with Gasteiger partial charge in [-0.05, 0) is 38.6 Å². The van der Waals surface area contributed by atoms with Crippen LogP contribution < -0.4 is 0 Å². The average Bonchev–Trinajstić information content (AvgIpc) is 2.87. The van der Waals surface area contributed by atoms with Crippen molar-refractivity contribution in [2.45, 2.75) is 38.1 Å². The monoisotopic (exact) mass is 254 g/mol. The third kappa shape index (κ3) is 3.02. The Hall–Kier alpha value is -1.10. The van der Waals surface area contributed by atoms with Crippen LogP contribution in [-0.2, 0) is 14.3 Å². The predicted molar refractivity (Wildman–Crippen MR) is 67.0 cm³/mol. The van der Waals surface area contributed by atoms with Crippen molar-refractivity contribution < 1.29 is 14.3 Å². The molecule has 1 amide bonds. The van der Waals surface area contributed by atoms with Gasteiger partial charge in [-0.3, -0.25) is 14.5 Å². The molecule has 2 aliphatic heterocycles. The maximum absolute atomic E-state index is 12.1. The van der Waals surface area contributed by atoms with E-state index in [9.17, 15) is 9.59 Å². The number of carbonyl (C=O) groups is 2. The maximum Gasteiger partial charge on any atom is 0.323 e. The maximum atomic E-state index is 12.1. The molecular weight excluding hydrogens is 232 g/mol. The molecule has 0 aliphatic carbocycles. The van der Waals surface area contributed by atoms with Crippen molar-refractivity contribution in [3.63, 3.8) is 0 Å². The Kier molecular flexibility index (Phi) is 4.58. The number of ether oxygens (including phenoxy) is 1. The van der Waals surface area contributed by atoms with Gasteiger partial charge in [0.05, 0.1) is 13.7 Å². The molecule has 0 N–H and O–H groups in total. The molecule has 5 nitrogen and oxygen atoms in total.